The van der Waals surface area contributed by atoms with Gasteiger partial charge in [-0.1, -0.05) is 6.07 Å². The van der Waals surface area contributed by atoms with E-state index in [0.717, 1.165) is 47.7 Å². The van der Waals surface area contributed by atoms with Gasteiger partial charge in [-0.05, 0) is 63.2 Å². The summed E-state index contributed by atoms with van der Waals surface area (Å²) in [5.41, 5.74) is 11.0. The Bertz CT molecular complexity index is 834. The van der Waals surface area contributed by atoms with E-state index in [2.05, 4.69) is 27.1 Å². The summed E-state index contributed by atoms with van der Waals surface area (Å²) >= 11 is 2.71. The third-order valence-corrected chi connectivity index (χ3v) is 6.80. The first-order valence-electron chi connectivity index (χ1n) is 9.46. The molecule has 5 N–H and O–H groups in total. The van der Waals surface area contributed by atoms with Gasteiger partial charge < -0.3 is 15.6 Å². The van der Waals surface area contributed by atoms with Crippen molar-refractivity contribution in [1.82, 2.24) is 15.3 Å². The third kappa shape index (κ3) is 4.73. The van der Waals surface area contributed by atoms with E-state index in [4.69, 9.17) is 4.74 Å². The summed E-state index contributed by atoms with van der Waals surface area (Å²) in [6, 6.07) is 2.23. The molecule has 1 amide bonds. The van der Waals surface area contributed by atoms with Crippen LogP contribution in [0.25, 0.3) is 0 Å². The molecular formula is C19H27N5O3S2. The molecule has 0 atom stereocenters. The summed E-state index contributed by atoms with van der Waals surface area (Å²) in [7, 11) is 1.50. The molecule has 1 aliphatic heterocycles. The molecule has 1 aromatic carbocycles. The Labute approximate surface area is 178 Å². The maximum absolute atomic E-state index is 11.8. The highest BCUT2D eigenvalue weighted by Crippen LogP contribution is 2.43. The summed E-state index contributed by atoms with van der Waals surface area (Å²) < 4.78 is 6.71. The van der Waals surface area contributed by atoms with Gasteiger partial charge in [-0.2, -0.15) is 10.4 Å². The standard InChI is InChI=1S/C18H22N4O3S2.CH5N/c1-18(2,24)17-19-9-14(26-17)27-21-20-22(10-23)15-13-5-3-4-11(13)8-12-6-7-25-16(12)15;1-2/h8-10,20-21,24H,3-7H2,1-2H3;2H2,1H3. The van der Waals surface area contributed by atoms with Crippen LogP contribution in [0.5, 0.6) is 5.75 Å². The van der Waals surface area contributed by atoms with Crippen molar-refractivity contribution in [3.63, 3.8) is 0 Å². The molecule has 29 heavy (non-hydrogen) atoms. The Balaban J connectivity index is 0.00000117. The van der Waals surface area contributed by atoms with Gasteiger partial charge >= 0.3 is 0 Å². The summed E-state index contributed by atoms with van der Waals surface area (Å²) in [5, 5.41) is 12.1. The van der Waals surface area contributed by atoms with Crippen LogP contribution in [0.4, 0.5) is 5.69 Å². The van der Waals surface area contributed by atoms with Crippen molar-refractivity contribution < 1.29 is 14.6 Å². The molecule has 0 spiro atoms. The lowest BCUT2D eigenvalue weighted by Crippen LogP contribution is -2.44. The van der Waals surface area contributed by atoms with Crippen molar-refractivity contribution in [2.24, 2.45) is 5.73 Å². The summed E-state index contributed by atoms with van der Waals surface area (Å²) in [4.78, 5) is 19.0. The van der Waals surface area contributed by atoms with E-state index in [1.165, 1.54) is 52.0 Å². The number of hydrazine groups is 2. The van der Waals surface area contributed by atoms with Gasteiger partial charge in [-0.15, -0.1) is 11.3 Å². The normalized spacial score (nSPS) is 14.5. The molecular weight excluding hydrogens is 410 g/mol. The van der Waals surface area contributed by atoms with E-state index in [0.29, 0.717) is 11.6 Å². The highest BCUT2D eigenvalue weighted by molar-refractivity contribution is 7.99. The minimum atomic E-state index is -0.964. The number of thiazole rings is 1. The van der Waals surface area contributed by atoms with Crippen LogP contribution in [0.3, 0.4) is 0 Å². The zero-order valence-electron chi connectivity index (χ0n) is 16.8. The Morgan fingerprint density at radius 1 is 1.34 bits per heavy atom. The number of aryl methyl sites for hydroxylation is 1. The monoisotopic (exact) mass is 437 g/mol. The van der Waals surface area contributed by atoms with Gasteiger partial charge in [0.2, 0.25) is 6.41 Å². The predicted octanol–water partition coefficient (Wildman–Crippen LogP) is 2.05. The maximum atomic E-state index is 11.8. The number of ether oxygens (including phenoxy) is 1. The highest BCUT2D eigenvalue weighted by Gasteiger charge is 2.28. The molecule has 0 saturated heterocycles. The number of aromatic nitrogens is 1. The molecule has 0 radical (unpaired) electrons. The van der Waals surface area contributed by atoms with Gasteiger partial charge in [0.05, 0.1) is 17.0 Å². The van der Waals surface area contributed by atoms with Crippen molar-refractivity contribution in [3.05, 3.63) is 34.0 Å². The summed E-state index contributed by atoms with van der Waals surface area (Å²) in [6.07, 6.45) is 6.43. The second-order valence-electron chi connectivity index (χ2n) is 7.14. The van der Waals surface area contributed by atoms with E-state index in [1.807, 2.05) is 0 Å². The second kappa shape index (κ2) is 9.41. The molecule has 1 aliphatic carbocycles. The van der Waals surface area contributed by atoms with Gasteiger partial charge in [-0.3, -0.25) is 4.79 Å². The Morgan fingerprint density at radius 3 is 2.83 bits per heavy atom. The maximum Gasteiger partial charge on any atom is 0.229 e. The fourth-order valence-electron chi connectivity index (χ4n) is 3.47. The number of nitrogens with zero attached hydrogens (tertiary/aromatic N) is 2. The Morgan fingerprint density at radius 2 is 2.14 bits per heavy atom. The van der Waals surface area contributed by atoms with Gasteiger partial charge in [-0.25, -0.2) is 9.99 Å². The second-order valence-corrected chi connectivity index (χ2v) is 9.28. The van der Waals surface area contributed by atoms with Crippen molar-refractivity contribution in [1.29, 1.82) is 0 Å². The first-order valence-corrected chi connectivity index (χ1v) is 11.1. The molecule has 0 saturated carbocycles. The van der Waals surface area contributed by atoms with E-state index in [9.17, 15) is 9.90 Å². The van der Waals surface area contributed by atoms with Crippen LogP contribution in [0.1, 0.15) is 42.0 Å². The van der Waals surface area contributed by atoms with E-state index < -0.39 is 5.60 Å². The number of hydrogen-bond donors (Lipinski definition) is 4. The minimum Gasteiger partial charge on any atom is -0.491 e. The molecule has 0 fully saturated rings. The lowest BCUT2D eigenvalue weighted by Gasteiger charge is -2.23. The van der Waals surface area contributed by atoms with Gasteiger partial charge in [0.25, 0.3) is 0 Å². The number of aliphatic hydroxyl groups is 1. The van der Waals surface area contributed by atoms with Crippen LogP contribution in [-0.2, 0) is 29.7 Å². The number of fused-ring (bicyclic) bond motifs is 2. The summed E-state index contributed by atoms with van der Waals surface area (Å²) in [6.45, 7) is 4.06. The molecule has 158 valence electrons. The van der Waals surface area contributed by atoms with Crippen LogP contribution < -0.4 is 25.8 Å². The average Bonchev–Trinajstić information content (AvgIpc) is 3.44. The zero-order chi connectivity index (χ0) is 21.0. The van der Waals surface area contributed by atoms with E-state index >= 15 is 0 Å². The van der Waals surface area contributed by atoms with Crippen molar-refractivity contribution in [3.8, 4) is 5.75 Å². The number of anilines is 1. The quantitative estimate of drug-likeness (QED) is 0.296. The molecule has 2 aromatic rings. The van der Waals surface area contributed by atoms with Gasteiger partial charge in [0, 0.05) is 12.0 Å². The number of amides is 1. The van der Waals surface area contributed by atoms with Crippen molar-refractivity contribution in [2.75, 3.05) is 18.7 Å². The molecule has 0 bridgehead atoms. The van der Waals surface area contributed by atoms with E-state index in [1.54, 1.807) is 20.0 Å². The Kier molecular flexibility index (Phi) is 7.14. The van der Waals surface area contributed by atoms with Crippen molar-refractivity contribution in [2.45, 2.75) is 49.3 Å². The largest absolute Gasteiger partial charge is 0.491 e. The molecule has 2 aliphatic rings. The number of hydrogen-bond acceptors (Lipinski definition) is 9. The Hall–Kier alpha value is -1.69. The third-order valence-electron chi connectivity index (χ3n) is 4.69. The fraction of sp³-hybridized carbons (Fsp3) is 0.474. The molecule has 4 rings (SSSR count). The topological polar surface area (TPSA) is 113 Å². The first kappa shape index (κ1) is 22.0. The number of carbonyl (C=O) groups is 1. The van der Waals surface area contributed by atoms with Crippen LogP contribution in [-0.4, -0.2) is 30.2 Å². The lowest BCUT2D eigenvalue weighted by atomic mass is 10.0. The predicted molar refractivity (Wildman–Crippen MR) is 116 cm³/mol. The molecule has 0 unspecified atom stereocenters. The van der Waals surface area contributed by atoms with Gasteiger partial charge in [0.15, 0.2) is 0 Å². The minimum absolute atomic E-state index is 0.645. The van der Waals surface area contributed by atoms with Crippen LogP contribution in [0.2, 0.25) is 0 Å². The van der Waals surface area contributed by atoms with Gasteiger partial charge in [0.1, 0.15) is 22.0 Å². The van der Waals surface area contributed by atoms with Crippen molar-refractivity contribution >= 4 is 35.4 Å². The number of benzene rings is 1. The zero-order valence-corrected chi connectivity index (χ0v) is 18.5. The van der Waals surface area contributed by atoms with Crippen LogP contribution in [0, 0.1) is 0 Å². The number of carbonyl (C=O) groups excluding carboxylic acids is 1. The summed E-state index contributed by atoms with van der Waals surface area (Å²) in [5.74, 6) is 0.809. The average molecular weight is 438 g/mol. The number of nitrogens with two attached hydrogens (primary N) is 1. The fourth-order valence-corrected chi connectivity index (χ4v) is 5.00. The molecule has 2 heterocycles. The molecule has 10 heteroatoms. The number of nitrogens with one attached hydrogen (secondary N) is 2. The van der Waals surface area contributed by atoms with Crippen LogP contribution >= 0.6 is 23.3 Å². The first-order chi connectivity index (χ1) is 14.0. The smallest absolute Gasteiger partial charge is 0.229 e. The molecule has 8 nitrogen and oxygen atoms in total. The van der Waals surface area contributed by atoms with Crippen LogP contribution in [0.15, 0.2) is 16.5 Å². The number of rotatable bonds is 7. The van der Waals surface area contributed by atoms with E-state index in [-0.39, 0.29) is 0 Å². The lowest BCUT2D eigenvalue weighted by molar-refractivity contribution is -0.108. The SMILES string of the molecule is CC(C)(O)c1ncc(SNNN(C=O)c2c3c(cc4c2OCC4)CCC3)s1.CN. The molecule has 1 aromatic heterocycles. The highest BCUT2D eigenvalue weighted by atomic mass is 32.2.